The zero-order chi connectivity index (χ0) is 23.5. The van der Waals surface area contributed by atoms with Crippen LogP contribution < -0.4 is 10.2 Å². The molecule has 9 nitrogen and oxygen atoms in total. The fourth-order valence-corrected chi connectivity index (χ4v) is 4.12. The molecule has 1 heterocycles. The zero-order valence-corrected chi connectivity index (χ0v) is 18.4. The molecule has 0 aliphatic rings. The van der Waals surface area contributed by atoms with Crippen LogP contribution in [0.2, 0.25) is 0 Å². The zero-order valence-electron chi connectivity index (χ0n) is 17.6. The summed E-state index contributed by atoms with van der Waals surface area (Å²) in [4.78, 5) is 29.6. The maximum absolute atomic E-state index is 13.9. The van der Waals surface area contributed by atoms with Crippen molar-refractivity contribution in [2.45, 2.75) is 11.2 Å². The van der Waals surface area contributed by atoms with E-state index in [2.05, 4.69) is 9.71 Å². The van der Waals surface area contributed by atoms with Crippen molar-refractivity contribution in [2.24, 2.45) is 0 Å². The third-order valence-electron chi connectivity index (χ3n) is 4.81. The molecular formula is C21H22FN3O6S. The molecule has 3 aromatic rings. The molecule has 1 amide bonds. The number of hydrogen-bond acceptors (Lipinski definition) is 6. The Labute approximate surface area is 183 Å². The van der Waals surface area contributed by atoms with Gasteiger partial charge in [0.05, 0.1) is 17.1 Å². The van der Waals surface area contributed by atoms with E-state index in [-0.39, 0.29) is 28.1 Å². The molecule has 0 aliphatic heterocycles. The van der Waals surface area contributed by atoms with Crippen LogP contribution >= 0.6 is 0 Å². The Morgan fingerprint density at radius 1 is 1.19 bits per heavy atom. The normalized spacial score (nSPS) is 11.7. The second-order valence-electron chi connectivity index (χ2n) is 6.91. The lowest BCUT2D eigenvalue weighted by Crippen LogP contribution is -2.38. The SMILES string of the molecule is COC(CN(C)C(=O)c1c[nH]c2ccc(S(=O)(=O)Nc3ccccc3F)cc2c1=O)OC. The lowest BCUT2D eigenvalue weighted by Gasteiger charge is -2.22. The maximum atomic E-state index is 13.9. The Bertz CT molecular complexity index is 1300. The van der Waals surface area contributed by atoms with Crippen LogP contribution in [0.25, 0.3) is 10.9 Å². The van der Waals surface area contributed by atoms with Crippen LogP contribution in [0.5, 0.6) is 0 Å². The van der Waals surface area contributed by atoms with Crippen molar-refractivity contribution < 1.29 is 27.1 Å². The summed E-state index contributed by atoms with van der Waals surface area (Å²) in [5, 5.41) is -0.00399. The number of carbonyl (C=O) groups is 1. The van der Waals surface area contributed by atoms with Crippen LogP contribution in [0.3, 0.4) is 0 Å². The van der Waals surface area contributed by atoms with Gasteiger partial charge in [-0.1, -0.05) is 12.1 Å². The highest BCUT2D eigenvalue weighted by molar-refractivity contribution is 7.92. The number of rotatable bonds is 8. The number of benzene rings is 2. The number of halogens is 1. The highest BCUT2D eigenvalue weighted by atomic mass is 32.2. The number of aromatic nitrogens is 1. The molecule has 1 aromatic heterocycles. The Balaban J connectivity index is 1.98. The van der Waals surface area contributed by atoms with Crippen LogP contribution in [0.1, 0.15) is 10.4 Å². The second kappa shape index (κ2) is 9.47. The number of amides is 1. The number of methoxy groups -OCH3 is 2. The Morgan fingerprint density at radius 2 is 1.88 bits per heavy atom. The lowest BCUT2D eigenvalue weighted by molar-refractivity contribution is -0.110. The molecule has 0 saturated heterocycles. The fraction of sp³-hybridized carbons (Fsp3) is 0.238. The van der Waals surface area contributed by atoms with E-state index in [0.29, 0.717) is 5.52 Å². The summed E-state index contributed by atoms with van der Waals surface area (Å²) in [5.41, 5.74) is -0.712. The van der Waals surface area contributed by atoms with Gasteiger partial charge in [-0.15, -0.1) is 0 Å². The Morgan fingerprint density at radius 3 is 2.53 bits per heavy atom. The average molecular weight is 463 g/mol. The molecule has 0 spiro atoms. The van der Waals surface area contributed by atoms with E-state index in [9.17, 15) is 22.4 Å². The minimum absolute atomic E-state index is 0.00399. The predicted octanol–water partition coefficient (Wildman–Crippen LogP) is 2.16. The lowest BCUT2D eigenvalue weighted by atomic mass is 10.1. The van der Waals surface area contributed by atoms with Gasteiger partial charge in [0.1, 0.15) is 11.4 Å². The van der Waals surface area contributed by atoms with Crippen LogP contribution in [0.15, 0.2) is 58.4 Å². The first-order valence-electron chi connectivity index (χ1n) is 9.41. The summed E-state index contributed by atoms with van der Waals surface area (Å²) in [6.45, 7) is 0.0737. The van der Waals surface area contributed by atoms with E-state index >= 15 is 0 Å². The molecule has 0 unspecified atom stereocenters. The average Bonchev–Trinajstić information content (AvgIpc) is 2.78. The van der Waals surface area contributed by atoms with Crippen LogP contribution in [0, 0.1) is 5.82 Å². The fourth-order valence-electron chi connectivity index (χ4n) is 3.03. The molecule has 2 N–H and O–H groups in total. The third-order valence-corrected chi connectivity index (χ3v) is 6.17. The van der Waals surface area contributed by atoms with Gasteiger partial charge < -0.3 is 19.4 Å². The summed E-state index contributed by atoms with van der Waals surface area (Å²) in [7, 11) is 0.142. The minimum Gasteiger partial charge on any atom is -0.360 e. The van der Waals surface area contributed by atoms with Gasteiger partial charge in [-0.2, -0.15) is 0 Å². The largest absolute Gasteiger partial charge is 0.360 e. The first-order chi connectivity index (χ1) is 15.2. The van der Waals surface area contributed by atoms with Gasteiger partial charge in [-0.3, -0.25) is 14.3 Å². The Hall–Kier alpha value is -3.28. The van der Waals surface area contributed by atoms with Gasteiger partial charge in [-0.25, -0.2) is 12.8 Å². The van der Waals surface area contributed by atoms with Crippen LogP contribution in [-0.4, -0.2) is 58.3 Å². The summed E-state index contributed by atoms with van der Waals surface area (Å²) >= 11 is 0. The quantitative estimate of drug-likeness (QED) is 0.495. The third kappa shape index (κ3) is 4.79. The van der Waals surface area contributed by atoms with E-state index in [4.69, 9.17) is 9.47 Å². The maximum Gasteiger partial charge on any atom is 0.262 e. The monoisotopic (exact) mass is 463 g/mol. The van der Waals surface area contributed by atoms with E-state index in [1.54, 1.807) is 0 Å². The molecule has 0 fully saturated rings. The number of aromatic amines is 1. The molecular weight excluding hydrogens is 441 g/mol. The molecule has 11 heteroatoms. The number of nitrogens with one attached hydrogen (secondary N) is 2. The number of sulfonamides is 1. The number of anilines is 1. The second-order valence-corrected chi connectivity index (χ2v) is 8.59. The van der Waals surface area contributed by atoms with E-state index in [1.165, 1.54) is 62.7 Å². The smallest absolute Gasteiger partial charge is 0.262 e. The minimum atomic E-state index is -4.19. The van der Waals surface area contributed by atoms with Crippen molar-refractivity contribution in [2.75, 3.05) is 32.5 Å². The molecule has 0 bridgehead atoms. The Kier molecular flexibility index (Phi) is 6.92. The van der Waals surface area contributed by atoms with Crippen LogP contribution in [-0.2, 0) is 19.5 Å². The molecule has 2 aromatic carbocycles. The van der Waals surface area contributed by atoms with Crippen molar-refractivity contribution in [3.8, 4) is 0 Å². The number of hydrogen-bond donors (Lipinski definition) is 2. The number of fused-ring (bicyclic) bond motifs is 1. The van der Waals surface area contributed by atoms with Crippen molar-refractivity contribution in [3.63, 3.8) is 0 Å². The number of carbonyl (C=O) groups excluding carboxylic acids is 1. The van der Waals surface area contributed by atoms with Gasteiger partial charge in [0.2, 0.25) is 5.43 Å². The summed E-state index contributed by atoms with van der Waals surface area (Å²) in [6.07, 6.45) is 0.592. The first kappa shape index (κ1) is 23.4. The number of likely N-dealkylation sites (N-methyl/N-ethyl adjacent to an activating group) is 1. The molecule has 0 radical (unpaired) electrons. The van der Waals surface area contributed by atoms with Crippen molar-refractivity contribution in [1.82, 2.24) is 9.88 Å². The number of pyridine rings is 1. The number of para-hydroxylation sites is 1. The molecule has 3 rings (SSSR count). The van der Waals surface area contributed by atoms with E-state index in [1.807, 2.05) is 0 Å². The summed E-state index contributed by atoms with van der Waals surface area (Å²) < 4.78 is 51.6. The number of H-pyrrole nitrogens is 1. The van der Waals surface area contributed by atoms with Crippen molar-refractivity contribution in [1.29, 1.82) is 0 Å². The molecule has 170 valence electrons. The topological polar surface area (TPSA) is 118 Å². The molecule has 0 aliphatic carbocycles. The van der Waals surface area contributed by atoms with Gasteiger partial charge in [0.15, 0.2) is 6.29 Å². The van der Waals surface area contributed by atoms with Crippen molar-refractivity contribution >= 4 is 32.5 Å². The highest BCUT2D eigenvalue weighted by Crippen LogP contribution is 2.21. The van der Waals surface area contributed by atoms with Gasteiger partial charge in [0.25, 0.3) is 15.9 Å². The first-order valence-corrected chi connectivity index (χ1v) is 10.9. The van der Waals surface area contributed by atoms with Crippen LogP contribution in [0.4, 0.5) is 10.1 Å². The summed E-state index contributed by atoms with van der Waals surface area (Å²) in [6, 6.07) is 9.13. The van der Waals surface area contributed by atoms with E-state index < -0.39 is 33.5 Å². The molecule has 32 heavy (non-hydrogen) atoms. The standard InChI is InChI=1S/C21H22FN3O6S/c1-25(12-19(30-2)31-3)21(27)15-11-23-17-9-8-13(10-14(17)20(15)26)32(28,29)24-18-7-5-4-6-16(18)22/h4-11,19,24H,12H2,1-3H3,(H,23,26). The van der Waals surface area contributed by atoms with Crippen molar-refractivity contribution in [3.05, 3.63) is 70.3 Å². The number of ether oxygens (including phenoxy) is 2. The number of nitrogens with zero attached hydrogens (tertiary/aromatic N) is 1. The van der Waals surface area contributed by atoms with Gasteiger partial charge in [-0.05, 0) is 30.3 Å². The summed E-state index contributed by atoms with van der Waals surface area (Å²) in [5.74, 6) is -1.33. The van der Waals surface area contributed by atoms with Gasteiger partial charge in [0, 0.05) is 38.4 Å². The molecule has 0 saturated carbocycles. The van der Waals surface area contributed by atoms with Gasteiger partial charge >= 0.3 is 0 Å². The molecule has 0 atom stereocenters. The highest BCUT2D eigenvalue weighted by Gasteiger charge is 2.22. The predicted molar refractivity (Wildman–Crippen MR) is 117 cm³/mol. The van der Waals surface area contributed by atoms with E-state index in [0.717, 1.165) is 12.1 Å².